The molecule has 0 atom stereocenters. The van der Waals surface area contributed by atoms with Gasteiger partial charge in [-0.25, -0.2) is 0 Å². The minimum atomic E-state index is 0.249. The second-order valence-corrected chi connectivity index (χ2v) is 4.47. The molecule has 1 aromatic rings. The molecule has 0 bridgehead atoms. The lowest BCUT2D eigenvalue weighted by Crippen LogP contribution is -2.35. The molecule has 0 N–H and O–H groups in total. The lowest BCUT2D eigenvalue weighted by molar-refractivity contribution is 0.294. The summed E-state index contributed by atoms with van der Waals surface area (Å²) >= 11 is 0. The molecule has 0 spiro atoms. The van der Waals surface area contributed by atoms with E-state index in [0.717, 1.165) is 0 Å². The van der Waals surface area contributed by atoms with Crippen molar-refractivity contribution in [1.29, 1.82) is 0 Å². The van der Waals surface area contributed by atoms with Crippen molar-refractivity contribution in [2.24, 2.45) is 0 Å². The fourth-order valence-electron chi connectivity index (χ4n) is 2.31. The van der Waals surface area contributed by atoms with Gasteiger partial charge in [0, 0.05) is 17.8 Å². The number of aromatic nitrogens is 1. The van der Waals surface area contributed by atoms with Gasteiger partial charge in [0.15, 0.2) is 0 Å². The number of nitrogens with zero attached hydrogens (tertiary/aromatic N) is 1. The molecule has 1 heterocycles. The van der Waals surface area contributed by atoms with Crippen LogP contribution < -0.4 is 0 Å². The summed E-state index contributed by atoms with van der Waals surface area (Å²) in [4.78, 5) is 4.27. The number of rotatable bonds is 2. The molecule has 2 rings (SSSR count). The minimum absolute atomic E-state index is 0.249. The van der Waals surface area contributed by atoms with Crippen molar-refractivity contribution in [2.45, 2.75) is 38.5 Å². The molecule has 14 heavy (non-hydrogen) atoms. The van der Waals surface area contributed by atoms with Gasteiger partial charge < -0.3 is 0 Å². The van der Waals surface area contributed by atoms with Crippen molar-refractivity contribution < 1.29 is 0 Å². The highest BCUT2D eigenvalue weighted by Crippen LogP contribution is 2.48. The minimum Gasteiger partial charge on any atom is -0.264 e. The van der Waals surface area contributed by atoms with E-state index in [0.29, 0.717) is 0 Å². The summed E-state index contributed by atoms with van der Waals surface area (Å²) < 4.78 is 0. The summed E-state index contributed by atoms with van der Waals surface area (Å²) in [6, 6.07) is 2.25. The highest BCUT2D eigenvalue weighted by molar-refractivity contribution is 5.37. The molecule has 1 saturated carbocycles. The van der Waals surface area contributed by atoms with Crippen LogP contribution in [-0.4, -0.2) is 4.98 Å². The van der Waals surface area contributed by atoms with Crippen LogP contribution >= 0.6 is 0 Å². The molecule has 0 saturated heterocycles. The molecule has 1 aliphatic rings. The number of pyridine rings is 1. The molecule has 1 heteroatoms. The molecule has 1 aliphatic carbocycles. The molecular weight excluding hydrogens is 170 g/mol. The number of aryl methyl sites for hydroxylation is 1. The fraction of sp³-hybridized carbons (Fsp3) is 0.462. The molecule has 0 radical (unpaired) electrons. The van der Waals surface area contributed by atoms with Gasteiger partial charge >= 0.3 is 0 Å². The molecule has 0 unspecified atom stereocenters. The van der Waals surface area contributed by atoms with Crippen LogP contribution in [-0.2, 0) is 5.41 Å². The molecule has 1 nitrogen and oxygen atoms in total. The Morgan fingerprint density at radius 3 is 2.57 bits per heavy atom. The first-order chi connectivity index (χ1) is 6.65. The van der Waals surface area contributed by atoms with Crippen LogP contribution in [0.25, 0.3) is 0 Å². The zero-order chi connectivity index (χ0) is 10.2. The van der Waals surface area contributed by atoms with Crippen molar-refractivity contribution in [3.8, 4) is 0 Å². The summed E-state index contributed by atoms with van der Waals surface area (Å²) in [5, 5.41) is 0. The smallest absolute Gasteiger partial charge is 0.0309 e. The second kappa shape index (κ2) is 3.23. The Balaban J connectivity index is 2.42. The molecular formula is C13H17N. The first-order valence-electron chi connectivity index (χ1n) is 5.23. The van der Waals surface area contributed by atoms with Crippen LogP contribution in [0.3, 0.4) is 0 Å². The summed E-state index contributed by atoms with van der Waals surface area (Å²) in [5.41, 5.74) is 4.14. The van der Waals surface area contributed by atoms with Crippen molar-refractivity contribution in [3.63, 3.8) is 0 Å². The van der Waals surface area contributed by atoms with E-state index in [1.807, 2.05) is 12.4 Å². The Bertz CT molecular complexity index is 361. The van der Waals surface area contributed by atoms with Gasteiger partial charge in [-0.1, -0.05) is 24.6 Å². The average Bonchev–Trinajstić information content (AvgIpc) is 2.00. The molecule has 0 aromatic carbocycles. The lowest BCUT2D eigenvalue weighted by Gasteiger charge is -2.43. The lowest BCUT2D eigenvalue weighted by atomic mass is 9.61. The maximum atomic E-state index is 4.27. The molecule has 0 amide bonds. The maximum absolute atomic E-state index is 4.27. The van der Waals surface area contributed by atoms with Gasteiger partial charge in [0.2, 0.25) is 0 Å². The van der Waals surface area contributed by atoms with Crippen LogP contribution in [0.1, 0.15) is 37.3 Å². The Morgan fingerprint density at radius 1 is 1.43 bits per heavy atom. The largest absolute Gasteiger partial charge is 0.264 e. The van der Waals surface area contributed by atoms with Gasteiger partial charge in [-0.05, 0) is 37.8 Å². The third-order valence-electron chi connectivity index (χ3n) is 3.45. The second-order valence-electron chi connectivity index (χ2n) is 4.47. The monoisotopic (exact) mass is 187 g/mol. The van der Waals surface area contributed by atoms with E-state index in [9.17, 15) is 0 Å². The summed E-state index contributed by atoms with van der Waals surface area (Å²) in [5.74, 6) is 0. The summed E-state index contributed by atoms with van der Waals surface area (Å²) in [6.07, 6.45) is 7.72. The van der Waals surface area contributed by atoms with Crippen LogP contribution in [0.4, 0.5) is 0 Å². The topological polar surface area (TPSA) is 12.9 Å². The third kappa shape index (κ3) is 1.28. The van der Waals surface area contributed by atoms with Crippen molar-refractivity contribution in [2.75, 3.05) is 0 Å². The Hall–Kier alpha value is -1.11. The first-order valence-corrected chi connectivity index (χ1v) is 5.23. The zero-order valence-corrected chi connectivity index (χ0v) is 9.01. The molecule has 74 valence electrons. The number of hydrogen-bond donors (Lipinski definition) is 0. The van der Waals surface area contributed by atoms with Crippen LogP contribution in [0.5, 0.6) is 0 Å². The van der Waals surface area contributed by atoms with Crippen molar-refractivity contribution in [1.82, 2.24) is 4.98 Å². The van der Waals surface area contributed by atoms with Crippen molar-refractivity contribution >= 4 is 0 Å². The quantitative estimate of drug-likeness (QED) is 0.647. The van der Waals surface area contributed by atoms with Gasteiger partial charge in [-0.3, -0.25) is 4.98 Å². The van der Waals surface area contributed by atoms with Gasteiger partial charge in [0.05, 0.1) is 0 Å². The van der Waals surface area contributed by atoms with E-state index >= 15 is 0 Å². The highest BCUT2D eigenvalue weighted by Gasteiger charge is 2.39. The normalized spacial score (nSPS) is 18.7. The maximum Gasteiger partial charge on any atom is 0.0309 e. The molecule has 1 fully saturated rings. The Morgan fingerprint density at radius 2 is 2.14 bits per heavy atom. The molecule has 1 aromatic heterocycles. The van der Waals surface area contributed by atoms with E-state index < -0.39 is 0 Å². The van der Waals surface area contributed by atoms with Crippen LogP contribution in [0.2, 0.25) is 0 Å². The number of allylic oxidation sites excluding steroid dienone is 1. The van der Waals surface area contributed by atoms with E-state index in [4.69, 9.17) is 0 Å². The molecule has 0 aliphatic heterocycles. The van der Waals surface area contributed by atoms with Gasteiger partial charge in [0.25, 0.3) is 0 Å². The average molecular weight is 187 g/mol. The Labute approximate surface area is 85.9 Å². The van der Waals surface area contributed by atoms with E-state index in [1.165, 1.54) is 36.0 Å². The van der Waals surface area contributed by atoms with E-state index in [2.05, 4.69) is 31.5 Å². The van der Waals surface area contributed by atoms with Crippen LogP contribution in [0.15, 0.2) is 30.6 Å². The fourth-order valence-corrected chi connectivity index (χ4v) is 2.31. The highest BCUT2D eigenvalue weighted by atomic mass is 14.6. The summed E-state index contributed by atoms with van der Waals surface area (Å²) in [7, 11) is 0. The predicted octanol–water partition coefficient (Wildman–Crippen LogP) is 3.39. The number of hydrogen-bond acceptors (Lipinski definition) is 1. The van der Waals surface area contributed by atoms with Crippen molar-refractivity contribution in [3.05, 3.63) is 41.7 Å². The van der Waals surface area contributed by atoms with Gasteiger partial charge in [-0.2, -0.15) is 0 Å². The van der Waals surface area contributed by atoms with Gasteiger partial charge in [0.1, 0.15) is 0 Å². The summed E-state index contributed by atoms with van der Waals surface area (Å²) in [6.45, 7) is 8.37. The third-order valence-corrected chi connectivity index (χ3v) is 3.45. The van der Waals surface area contributed by atoms with Gasteiger partial charge in [-0.15, -0.1) is 0 Å². The first kappa shape index (κ1) is 9.45. The van der Waals surface area contributed by atoms with E-state index in [1.54, 1.807) is 0 Å². The van der Waals surface area contributed by atoms with Crippen LogP contribution in [0, 0.1) is 6.92 Å². The standard InChI is InChI=1S/C13H17N/c1-10(2)13(5-4-6-13)12-7-11(3)8-14-9-12/h7-9H,1,4-6H2,2-3H3. The zero-order valence-electron chi connectivity index (χ0n) is 9.01. The Kier molecular flexibility index (Phi) is 2.18. The van der Waals surface area contributed by atoms with E-state index in [-0.39, 0.29) is 5.41 Å². The predicted molar refractivity (Wildman–Crippen MR) is 59.3 cm³/mol. The SMILES string of the molecule is C=C(C)C1(c2cncc(C)c2)CCC1.